The first-order valence-corrected chi connectivity index (χ1v) is 6.61. The number of nitrogens with zero attached hydrogens (tertiary/aromatic N) is 4. The van der Waals surface area contributed by atoms with Crippen LogP contribution in [0.15, 0.2) is 36.4 Å². The Morgan fingerprint density at radius 1 is 1.14 bits per heavy atom. The fraction of sp³-hybridized carbons (Fsp3) is 0. The monoisotopic (exact) mass is 323 g/mol. The number of halogens is 3. The molecule has 0 aliphatic carbocycles. The number of tetrazole rings is 1. The summed E-state index contributed by atoms with van der Waals surface area (Å²) in [7, 11) is 0. The van der Waals surface area contributed by atoms with E-state index in [4.69, 9.17) is 28.9 Å². The van der Waals surface area contributed by atoms with Crippen LogP contribution in [0, 0.1) is 5.82 Å². The van der Waals surface area contributed by atoms with E-state index in [-0.39, 0.29) is 11.5 Å². The molecule has 5 nitrogen and oxygen atoms in total. The molecule has 0 spiro atoms. The standard InChI is InChI=1S/C13H8Cl2FN5/c14-7-4-5-9(16)11(6-7)21-13(18-19-20-21)12-8(15)2-1-3-10(12)17/h1-6H,17H2. The number of hydrogen-bond donors (Lipinski definition) is 1. The Labute approximate surface area is 129 Å². The zero-order chi connectivity index (χ0) is 15.0. The number of nitrogen functional groups attached to an aromatic ring is 1. The summed E-state index contributed by atoms with van der Waals surface area (Å²) in [5, 5.41) is 12.0. The van der Waals surface area contributed by atoms with Crippen molar-refractivity contribution in [3.8, 4) is 17.1 Å². The molecule has 0 bridgehead atoms. The second-order valence-corrected chi connectivity index (χ2v) is 5.06. The van der Waals surface area contributed by atoms with Crippen molar-refractivity contribution in [3.05, 3.63) is 52.3 Å². The largest absolute Gasteiger partial charge is 0.398 e. The van der Waals surface area contributed by atoms with E-state index >= 15 is 0 Å². The lowest BCUT2D eigenvalue weighted by molar-refractivity contribution is 0.608. The number of rotatable bonds is 2. The van der Waals surface area contributed by atoms with Gasteiger partial charge in [0, 0.05) is 10.7 Å². The summed E-state index contributed by atoms with van der Waals surface area (Å²) in [6.07, 6.45) is 0. The van der Waals surface area contributed by atoms with Crippen molar-refractivity contribution in [2.45, 2.75) is 0 Å². The summed E-state index contributed by atoms with van der Waals surface area (Å²) < 4.78 is 15.2. The molecule has 0 radical (unpaired) electrons. The minimum absolute atomic E-state index is 0.113. The third-order valence-corrected chi connectivity index (χ3v) is 3.43. The van der Waals surface area contributed by atoms with Gasteiger partial charge in [0.25, 0.3) is 0 Å². The minimum atomic E-state index is -0.515. The summed E-state index contributed by atoms with van der Waals surface area (Å²) >= 11 is 12.0. The van der Waals surface area contributed by atoms with E-state index in [2.05, 4.69) is 15.5 Å². The molecule has 0 saturated carbocycles. The van der Waals surface area contributed by atoms with Crippen LogP contribution in [-0.4, -0.2) is 20.2 Å². The lowest BCUT2D eigenvalue weighted by atomic mass is 10.1. The Morgan fingerprint density at radius 3 is 2.71 bits per heavy atom. The molecule has 0 atom stereocenters. The molecule has 21 heavy (non-hydrogen) atoms. The van der Waals surface area contributed by atoms with E-state index in [1.165, 1.54) is 22.9 Å². The molecule has 0 amide bonds. The number of benzene rings is 2. The number of aromatic nitrogens is 4. The first kappa shape index (κ1) is 13.8. The van der Waals surface area contributed by atoms with Crippen molar-refractivity contribution in [1.82, 2.24) is 20.2 Å². The molecule has 106 valence electrons. The maximum absolute atomic E-state index is 14.0. The zero-order valence-electron chi connectivity index (χ0n) is 10.5. The van der Waals surface area contributed by atoms with Crippen molar-refractivity contribution in [2.75, 3.05) is 5.73 Å². The summed E-state index contributed by atoms with van der Waals surface area (Å²) in [6.45, 7) is 0. The van der Waals surface area contributed by atoms with Gasteiger partial charge in [-0.3, -0.25) is 0 Å². The van der Waals surface area contributed by atoms with Crippen LogP contribution in [0.1, 0.15) is 0 Å². The maximum Gasteiger partial charge on any atom is 0.190 e. The topological polar surface area (TPSA) is 69.6 Å². The lowest BCUT2D eigenvalue weighted by Gasteiger charge is -2.09. The molecule has 8 heteroatoms. The SMILES string of the molecule is Nc1cccc(Cl)c1-c1nnnn1-c1cc(Cl)ccc1F. The highest BCUT2D eigenvalue weighted by Gasteiger charge is 2.18. The lowest BCUT2D eigenvalue weighted by Crippen LogP contribution is -2.04. The highest BCUT2D eigenvalue weighted by atomic mass is 35.5. The van der Waals surface area contributed by atoms with E-state index in [1.54, 1.807) is 18.2 Å². The molecule has 0 saturated heterocycles. The van der Waals surface area contributed by atoms with Crippen molar-refractivity contribution < 1.29 is 4.39 Å². The van der Waals surface area contributed by atoms with Crippen molar-refractivity contribution in [3.63, 3.8) is 0 Å². The first-order chi connectivity index (χ1) is 10.1. The predicted molar refractivity (Wildman–Crippen MR) is 79.0 cm³/mol. The molecular weight excluding hydrogens is 316 g/mol. The third-order valence-electron chi connectivity index (χ3n) is 2.88. The second kappa shape index (κ2) is 5.31. The summed E-state index contributed by atoms with van der Waals surface area (Å²) in [6, 6.07) is 9.11. The van der Waals surface area contributed by atoms with E-state index in [0.29, 0.717) is 21.3 Å². The molecule has 2 N–H and O–H groups in total. The van der Waals surface area contributed by atoms with E-state index in [9.17, 15) is 4.39 Å². The molecule has 0 unspecified atom stereocenters. The minimum Gasteiger partial charge on any atom is -0.398 e. The van der Waals surface area contributed by atoms with Crippen LogP contribution in [0.25, 0.3) is 17.1 Å². The third kappa shape index (κ3) is 2.43. The van der Waals surface area contributed by atoms with Gasteiger partial charge in [-0.25, -0.2) is 4.39 Å². The number of anilines is 1. The molecule has 3 aromatic rings. The van der Waals surface area contributed by atoms with Crippen LogP contribution >= 0.6 is 23.2 Å². The average Bonchev–Trinajstić information content (AvgIpc) is 2.90. The summed E-state index contributed by atoms with van der Waals surface area (Å²) in [5.41, 5.74) is 6.85. The molecule has 1 aromatic heterocycles. The Bertz CT molecular complexity index is 798. The van der Waals surface area contributed by atoms with Gasteiger partial charge in [-0.05, 0) is 40.8 Å². The van der Waals surface area contributed by atoms with Crippen molar-refractivity contribution >= 4 is 28.9 Å². The maximum atomic E-state index is 14.0. The smallest absolute Gasteiger partial charge is 0.190 e. The number of nitrogens with two attached hydrogens (primary N) is 1. The Hall–Kier alpha value is -2.18. The Morgan fingerprint density at radius 2 is 1.95 bits per heavy atom. The summed E-state index contributed by atoms with van der Waals surface area (Å²) in [4.78, 5) is 0. The molecule has 1 heterocycles. The molecule has 0 aliphatic heterocycles. The van der Waals surface area contributed by atoms with Crippen LogP contribution in [0.3, 0.4) is 0 Å². The van der Waals surface area contributed by atoms with Gasteiger partial charge in [0.1, 0.15) is 11.5 Å². The molecule has 3 rings (SSSR count). The quantitative estimate of drug-likeness (QED) is 0.734. The predicted octanol–water partition coefficient (Wildman–Crippen LogP) is 3.36. The van der Waals surface area contributed by atoms with Gasteiger partial charge in [0.15, 0.2) is 5.82 Å². The van der Waals surface area contributed by atoms with Gasteiger partial charge in [0.2, 0.25) is 0 Å². The molecule has 2 aromatic carbocycles. The van der Waals surface area contributed by atoms with Crippen LogP contribution in [0.4, 0.5) is 10.1 Å². The zero-order valence-corrected chi connectivity index (χ0v) is 12.0. The van der Waals surface area contributed by atoms with Gasteiger partial charge in [-0.1, -0.05) is 29.3 Å². The fourth-order valence-corrected chi connectivity index (χ4v) is 2.36. The van der Waals surface area contributed by atoms with Crippen molar-refractivity contribution in [2.24, 2.45) is 0 Å². The van der Waals surface area contributed by atoms with E-state index in [0.717, 1.165) is 0 Å². The normalized spacial score (nSPS) is 10.8. The molecule has 0 fully saturated rings. The van der Waals surface area contributed by atoms with Crippen LogP contribution in [-0.2, 0) is 0 Å². The van der Waals surface area contributed by atoms with Gasteiger partial charge in [0.05, 0.1) is 10.6 Å². The van der Waals surface area contributed by atoms with E-state index in [1.807, 2.05) is 0 Å². The van der Waals surface area contributed by atoms with Crippen LogP contribution < -0.4 is 5.73 Å². The highest BCUT2D eigenvalue weighted by molar-refractivity contribution is 6.33. The van der Waals surface area contributed by atoms with Gasteiger partial charge in [-0.15, -0.1) is 5.10 Å². The van der Waals surface area contributed by atoms with E-state index < -0.39 is 5.82 Å². The van der Waals surface area contributed by atoms with Crippen LogP contribution in [0.5, 0.6) is 0 Å². The Balaban J connectivity index is 2.25. The highest BCUT2D eigenvalue weighted by Crippen LogP contribution is 2.33. The number of hydrogen-bond acceptors (Lipinski definition) is 4. The van der Waals surface area contributed by atoms with Crippen molar-refractivity contribution in [1.29, 1.82) is 0 Å². The van der Waals surface area contributed by atoms with Gasteiger partial charge in [-0.2, -0.15) is 4.68 Å². The fourth-order valence-electron chi connectivity index (χ4n) is 1.93. The first-order valence-electron chi connectivity index (χ1n) is 5.86. The molecule has 0 aliphatic rings. The average molecular weight is 324 g/mol. The molecular formula is C13H8Cl2FN5. The van der Waals surface area contributed by atoms with Crippen LogP contribution in [0.2, 0.25) is 10.0 Å². The van der Waals surface area contributed by atoms with Gasteiger partial charge < -0.3 is 5.73 Å². The van der Waals surface area contributed by atoms with Gasteiger partial charge >= 0.3 is 0 Å². The second-order valence-electron chi connectivity index (χ2n) is 4.21. The Kier molecular flexibility index (Phi) is 3.48. The summed E-state index contributed by atoms with van der Waals surface area (Å²) in [5.74, 6) is -0.280.